The molecule has 0 saturated heterocycles. The van der Waals surface area contributed by atoms with Crippen molar-refractivity contribution in [3.05, 3.63) is 60.2 Å². The molecule has 0 fully saturated rings. The Bertz CT molecular complexity index is 802. The van der Waals surface area contributed by atoms with Gasteiger partial charge in [-0.1, -0.05) is 54.6 Å². The molecule has 2 aromatic carbocycles. The molecule has 2 rings (SSSR count). The van der Waals surface area contributed by atoms with Crippen LogP contribution in [0.25, 0.3) is 11.1 Å². The third-order valence-corrected chi connectivity index (χ3v) is 4.29. The fourth-order valence-corrected chi connectivity index (χ4v) is 2.97. The fourth-order valence-electron chi connectivity index (χ4n) is 2.97. The number of hydrogen-bond donors (Lipinski definition) is 0. The van der Waals surface area contributed by atoms with Crippen LogP contribution in [0.4, 0.5) is 0 Å². The topological polar surface area (TPSA) is 71.1 Å². The number of benzene rings is 2. The molecule has 0 atom stereocenters. The van der Waals surface area contributed by atoms with Crippen LogP contribution in [-0.4, -0.2) is 42.4 Å². The van der Waals surface area contributed by atoms with Gasteiger partial charge in [-0.25, -0.2) is 0 Å². The van der Waals surface area contributed by atoms with E-state index in [0.717, 1.165) is 16.7 Å². The first kappa shape index (κ1) is 20.2. The van der Waals surface area contributed by atoms with Gasteiger partial charge < -0.3 is 4.90 Å². The first-order chi connectivity index (χ1) is 13.2. The second-order valence-corrected chi connectivity index (χ2v) is 6.39. The van der Waals surface area contributed by atoms with Crippen LogP contribution in [0.1, 0.15) is 18.4 Å². The lowest BCUT2D eigenvalue weighted by Crippen LogP contribution is -2.39. The largest absolute Gasteiger partial charge is 0.340 e. The van der Waals surface area contributed by atoms with E-state index < -0.39 is 0 Å². The van der Waals surface area contributed by atoms with Gasteiger partial charge in [0.15, 0.2) is 0 Å². The van der Waals surface area contributed by atoms with Crippen LogP contribution < -0.4 is 0 Å². The third kappa shape index (κ3) is 6.26. The molecule has 0 N–H and O–H groups in total. The summed E-state index contributed by atoms with van der Waals surface area (Å²) in [5.41, 5.74) is 3.46. The summed E-state index contributed by atoms with van der Waals surface area (Å²) in [5.74, 6) is -0.0554. The van der Waals surface area contributed by atoms with Crippen molar-refractivity contribution in [1.29, 1.82) is 10.5 Å². The first-order valence-corrected chi connectivity index (χ1v) is 8.99. The second kappa shape index (κ2) is 10.8. The molecular weight excluding hydrogens is 336 g/mol. The van der Waals surface area contributed by atoms with Crippen molar-refractivity contribution in [2.24, 2.45) is 0 Å². The number of nitrogens with zero attached hydrogens (tertiary/aromatic N) is 4. The highest BCUT2D eigenvalue weighted by atomic mass is 16.2. The smallest absolute Gasteiger partial charge is 0.236 e. The molecule has 0 radical (unpaired) electrons. The summed E-state index contributed by atoms with van der Waals surface area (Å²) in [7, 11) is 1.91. The van der Waals surface area contributed by atoms with Gasteiger partial charge in [0.2, 0.25) is 5.91 Å². The number of amides is 1. The maximum absolute atomic E-state index is 12.6. The number of carbonyl (C=O) groups excluding carboxylic acids is 1. The number of nitriles is 2. The zero-order chi connectivity index (χ0) is 19.5. The fraction of sp³-hybridized carbons (Fsp3) is 0.318. The molecular formula is C22H24N4O. The molecule has 2 aromatic rings. The summed E-state index contributed by atoms with van der Waals surface area (Å²) in [6.07, 6.45) is 0.551. The van der Waals surface area contributed by atoms with Crippen molar-refractivity contribution >= 4 is 5.91 Å². The second-order valence-electron chi connectivity index (χ2n) is 6.39. The van der Waals surface area contributed by atoms with Gasteiger partial charge in [-0.05, 0) is 23.7 Å². The van der Waals surface area contributed by atoms with Crippen LogP contribution in [-0.2, 0) is 11.3 Å². The van der Waals surface area contributed by atoms with Crippen molar-refractivity contribution in [2.75, 3.05) is 26.7 Å². The zero-order valence-electron chi connectivity index (χ0n) is 15.6. The van der Waals surface area contributed by atoms with Gasteiger partial charge in [0, 0.05) is 19.6 Å². The van der Waals surface area contributed by atoms with Crippen LogP contribution in [0.2, 0.25) is 0 Å². The van der Waals surface area contributed by atoms with E-state index in [0.29, 0.717) is 19.6 Å². The molecule has 0 bridgehead atoms. The monoisotopic (exact) mass is 360 g/mol. The minimum absolute atomic E-state index is 0.0554. The minimum Gasteiger partial charge on any atom is -0.340 e. The van der Waals surface area contributed by atoms with E-state index in [1.807, 2.05) is 42.3 Å². The summed E-state index contributed by atoms with van der Waals surface area (Å²) >= 11 is 0. The van der Waals surface area contributed by atoms with E-state index in [2.05, 4.69) is 36.4 Å². The van der Waals surface area contributed by atoms with E-state index in [-0.39, 0.29) is 25.3 Å². The quantitative estimate of drug-likeness (QED) is 0.687. The molecule has 0 unspecified atom stereocenters. The van der Waals surface area contributed by atoms with E-state index in [1.165, 1.54) is 0 Å². The average molecular weight is 360 g/mol. The number of rotatable bonds is 9. The van der Waals surface area contributed by atoms with E-state index in [9.17, 15) is 4.79 Å². The van der Waals surface area contributed by atoms with Crippen LogP contribution in [0.3, 0.4) is 0 Å². The van der Waals surface area contributed by atoms with Gasteiger partial charge in [-0.3, -0.25) is 9.69 Å². The maximum Gasteiger partial charge on any atom is 0.236 e. The highest BCUT2D eigenvalue weighted by Gasteiger charge is 2.16. The molecule has 0 aliphatic rings. The Kier molecular flexibility index (Phi) is 8.03. The molecule has 0 aliphatic carbocycles. The molecule has 5 heteroatoms. The number of carbonyl (C=O) groups is 1. The summed E-state index contributed by atoms with van der Waals surface area (Å²) in [5, 5.41) is 17.5. The SMILES string of the molecule is CN(CC(=O)N(CCC#N)CCC#N)Cc1ccccc1-c1ccccc1. The third-order valence-electron chi connectivity index (χ3n) is 4.29. The highest BCUT2D eigenvalue weighted by molar-refractivity contribution is 5.78. The standard InChI is InChI=1S/C22H24N4O/c1-25(18-22(27)26(15-7-13-23)16-8-14-24)17-20-11-5-6-12-21(20)19-9-3-2-4-10-19/h2-6,9-12H,7-8,15-18H2,1H3. The van der Waals surface area contributed by atoms with Gasteiger partial charge in [-0.15, -0.1) is 0 Å². The molecule has 5 nitrogen and oxygen atoms in total. The van der Waals surface area contributed by atoms with Gasteiger partial charge in [0.05, 0.1) is 31.5 Å². The summed E-state index contributed by atoms with van der Waals surface area (Å²) in [6.45, 7) is 1.62. The van der Waals surface area contributed by atoms with Crippen LogP contribution in [0.15, 0.2) is 54.6 Å². The highest BCUT2D eigenvalue weighted by Crippen LogP contribution is 2.24. The predicted molar refractivity (Wildman–Crippen MR) is 105 cm³/mol. The Morgan fingerprint density at radius 3 is 2.15 bits per heavy atom. The average Bonchev–Trinajstić information content (AvgIpc) is 2.69. The number of hydrogen-bond acceptors (Lipinski definition) is 4. The Balaban J connectivity index is 2.05. The molecule has 138 valence electrons. The minimum atomic E-state index is -0.0554. The number of likely N-dealkylation sites (N-methyl/N-ethyl adjacent to an activating group) is 1. The lowest BCUT2D eigenvalue weighted by molar-refractivity contribution is -0.132. The Morgan fingerprint density at radius 2 is 1.52 bits per heavy atom. The van der Waals surface area contributed by atoms with Crippen LogP contribution in [0, 0.1) is 22.7 Å². The van der Waals surface area contributed by atoms with Gasteiger partial charge >= 0.3 is 0 Å². The normalized spacial score (nSPS) is 10.2. The van der Waals surface area contributed by atoms with Crippen LogP contribution in [0.5, 0.6) is 0 Å². The summed E-state index contributed by atoms with van der Waals surface area (Å²) in [6, 6.07) is 22.5. The van der Waals surface area contributed by atoms with E-state index >= 15 is 0 Å². The van der Waals surface area contributed by atoms with Crippen molar-refractivity contribution in [1.82, 2.24) is 9.80 Å². The van der Waals surface area contributed by atoms with Gasteiger partial charge in [0.1, 0.15) is 0 Å². The van der Waals surface area contributed by atoms with Crippen molar-refractivity contribution < 1.29 is 4.79 Å². The molecule has 27 heavy (non-hydrogen) atoms. The Morgan fingerprint density at radius 1 is 0.926 bits per heavy atom. The Hall–Kier alpha value is -3.15. The predicted octanol–water partition coefficient (Wildman–Crippen LogP) is 3.44. The van der Waals surface area contributed by atoms with Crippen molar-refractivity contribution in [3.8, 4) is 23.3 Å². The van der Waals surface area contributed by atoms with E-state index in [4.69, 9.17) is 10.5 Å². The van der Waals surface area contributed by atoms with Gasteiger partial charge in [0.25, 0.3) is 0 Å². The molecule has 0 heterocycles. The van der Waals surface area contributed by atoms with Crippen LogP contribution >= 0.6 is 0 Å². The summed E-state index contributed by atoms with van der Waals surface area (Å²) in [4.78, 5) is 16.1. The van der Waals surface area contributed by atoms with Gasteiger partial charge in [-0.2, -0.15) is 10.5 Å². The Labute approximate surface area is 161 Å². The molecule has 0 aromatic heterocycles. The maximum atomic E-state index is 12.6. The molecule has 0 spiro atoms. The van der Waals surface area contributed by atoms with Crippen molar-refractivity contribution in [3.63, 3.8) is 0 Å². The zero-order valence-corrected chi connectivity index (χ0v) is 15.6. The molecule has 0 aliphatic heterocycles. The van der Waals surface area contributed by atoms with E-state index in [1.54, 1.807) is 4.90 Å². The summed E-state index contributed by atoms with van der Waals surface area (Å²) < 4.78 is 0. The first-order valence-electron chi connectivity index (χ1n) is 8.99. The van der Waals surface area contributed by atoms with Crippen molar-refractivity contribution in [2.45, 2.75) is 19.4 Å². The lowest BCUT2D eigenvalue weighted by Gasteiger charge is -2.24. The molecule has 0 saturated carbocycles. The molecule has 1 amide bonds. The lowest BCUT2D eigenvalue weighted by atomic mass is 9.99.